The fraction of sp³-hybridized carbons (Fsp3) is 0.120. The Bertz CT molecular complexity index is 782. The smallest absolute Gasteiger partial charge is 0 e. The first-order valence-electron chi connectivity index (χ1n) is 9.15. The van der Waals surface area contributed by atoms with Gasteiger partial charge < -0.3 is 35.6 Å². The van der Waals surface area contributed by atoms with Gasteiger partial charge in [-0.25, -0.2) is 12.1 Å². The molecule has 28 heavy (non-hydrogen) atoms. The minimum atomic E-state index is -0.430. The van der Waals surface area contributed by atoms with Crippen LogP contribution in [-0.4, -0.2) is 14.1 Å². The van der Waals surface area contributed by atoms with Gasteiger partial charge in [0.2, 0.25) is 0 Å². The summed E-state index contributed by atoms with van der Waals surface area (Å²) in [5.41, 5.74) is 1.39. The number of rotatable bonds is 3. The van der Waals surface area contributed by atoms with E-state index in [0.29, 0.717) is 0 Å². The summed E-state index contributed by atoms with van der Waals surface area (Å²) in [6, 6.07) is 38.3. The van der Waals surface area contributed by atoms with Crippen LogP contribution >= 0.6 is 7.92 Å². The van der Waals surface area contributed by atoms with E-state index in [9.17, 15) is 0 Å². The van der Waals surface area contributed by atoms with E-state index < -0.39 is 7.92 Å². The quantitative estimate of drug-likeness (QED) is 0.283. The van der Waals surface area contributed by atoms with Crippen molar-refractivity contribution in [3.8, 4) is 0 Å². The molecular formula is C25H28FeNP-6. The van der Waals surface area contributed by atoms with Crippen LogP contribution in [0.15, 0.2) is 109 Å². The molecule has 0 saturated heterocycles. The van der Waals surface area contributed by atoms with Crippen LogP contribution in [0.25, 0.3) is 0 Å². The van der Waals surface area contributed by atoms with Gasteiger partial charge in [0.1, 0.15) is 0 Å². The summed E-state index contributed by atoms with van der Waals surface area (Å²) in [4.78, 5) is 0. The summed E-state index contributed by atoms with van der Waals surface area (Å²) in [6.07, 6.45) is 0. The third-order valence-electron chi connectivity index (χ3n) is 3.83. The molecule has 0 unspecified atom stereocenters. The fourth-order valence-corrected chi connectivity index (χ4v) is 5.11. The molecule has 0 fully saturated rings. The number of nitrogens with one attached hydrogen (secondary N) is 1. The molecule has 4 rings (SSSR count). The Morgan fingerprint density at radius 2 is 1.07 bits per heavy atom. The van der Waals surface area contributed by atoms with Crippen molar-refractivity contribution in [3.05, 3.63) is 115 Å². The van der Waals surface area contributed by atoms with E-state index in [4.69, 9.17) is 0 Å². The Morgan fingerprint density at radius 1 is 0.679 bits per heavy atom. The van der Waals surface area contributed by atoms with Gasteiger partial charge in [-0.05, 0) is 32.6 Å². The summed E-state index contributed by atoms with van der Waals surface area (Å²) in [5, 5.41) is 7.04. The van der Waals surface area contributed by atoms with Gasteiger partial charge in [-0.3, -0.25) is 0 Å². The molecule has 0 radical (unpaired) electrons. The van der Waals surface area contributed by atoms with Gasteiger partial charge in [-0.1, -0.05) is 67.6 Å². The summed E-state index contributed by atoms with van der Waals surface area (Å²) < 4.78 is 0. The molecule has 0 heterocycles. The van der Waals surface area contributed by atoms with E-state index in [1.807, 2.05) is 44.4 Å². The molecular weight excluding hydrogens is 401 g/mol. The molecule has 3 heteroatoms. The van der Waals surface area contributed by atoms with Crippen molar-refractivity contribution in [1.82, 2.24) is 5.32 Å². The van der Waals surface area contributed by atoms with Crippen LogP contribution < -0.4 is 21.2 Å². The molecule has 1 nitrogen and oxygen atoms in total. The molecule has 0 bridgehead atoms. The molecule has 0 saturated carbocycles. The minimum Gasteiger partial charge on any atom is -0.748 e. The van der Waals surface area contributed by atoms with Crippen LogP contribution in [0.1, 0.15) is 5.56 Å². The molecule has 0 amide bonds. The molecule has 0 spiro atoms. The van der Waals surface area contributed by atoms with Crippen molar-refractivity contribution in [2.45, 2.75) is 6.92 Å². The average molecular weight is 429 g/mol. The molecule has 0 aliphatic carbocycles. The van der Waals surface area contributed by atoms with E-state index >= 15 is 0 Å². The SMILES string of the molecule is CNC.C[c-]1cccc1P(c1ccccc1)c1ccccc1.[Fe].[cH-]1[cH-][cH-][cH-][cH-]1. The van der Waals surface area contributed by atoms with Crippen molar-refractivity contribution in [2.75, 3.05) is 14.1 Å². The first-order valence-corrected chi connectivity index (χ1v) is 10.5. The summed E-state index contributed by atoms with van der Waals surface area (Å²) in [5.74, 6) is 0. The van der Waals surface area contributed by atoms with Crippen LogP contribution in [0, 0.1) is 6.92 Å². The Balaban J connectivity index is 0.000000368. The second-order valence-electron chi connectivity index (χ2n) is 6.06. The standard InChI is InChI=1S/C18H16P.C5H5.C2H7N.Fe/c1-15-9-8-14-18(15)19(16-10-4-2-5-11-16)17-12-6-3-7-13-17;1-2-4-5-3-1;1-3-2;/h2-14H,1H3;1-5H;3H,1-2H3;/q-1;-5;;. The number of hydrogen-bond acceptors (Lipinski definition) is 1. The maximum atomic E-state index is 2.75. The Hall–Kier alpha value is -1.95. The molecule has 1 N–H and O–H groups in total. The summed E-state index contributed by atoms with van der Waals surface area (Å²) in [6.45, 7) is 2.20. The van der Waals surface area contributed by atoms with E-state index in [-0.39, 0.29) is 17.1 Å². The van der Waals surface area contributed by atoms with Crippen LogP contribution in [0.5, 0.6) is 0 Å². The van der Waals surface area contributed by atoms with Crippen LogP contribution in [0.3, 0.4) is 0 Å². The van der Waals surface area contributed by atoms with Gasteiger partial charge >= 0.3 is 0 Å². The van der Waals surface area contributed by atoms with Gasteiger partial charge in [-0.15, -0.1) is 5.30 Å². The normalized spacial score (nSPS) is 9.43. The zero-order valence-corrected chi connectivity index (χ0v) is 18.7. The third-order valence-corrected chi connectivity index (χ3v) is 6.44. The zero-order chi connectivity index (χ0) is 19.3. The fourth-order valence-electron chi connectivity index (χ4n) is 2.65. The second-order valence-corrected chi connectivity index (χ2v) is 8.25. The topological polar surface area (TPSA) is 12.0 Å². The average Bonchev–Trinajstić information content (AvgIpc) is 3.41. The Labute approximate surface area is 181 Å². The monoisotopic (exact) mass is 429 g/mol. The molecule has 0 aromatic heterocycles. The molecule has 0 atom stereocenters. The minimum absolute atomic E-state index is 0. The Morgan fingerprint density at radius 3 is 1.39 bits per heavy atom. The van der Waals surface area contributed by atoms with Crippen LogP contribution in [0.2, 0.25) is 0 Å². The van der Waals surface area contributed by atoms with E-state index in [1.165, 1.54) is 21.5 Å². The first-order chi connectivity index (χ1) is 13.3. The number of aryl methyl sites for hydroxylation is 1. The molecule has 152 valence electrons. The first kappa shape index (κ1) is 24.1. The van der Waals surface area contributed by atoms with Crippen LogP contribution in [0.4, 0.5) is 0 Å². The second kappa shape index (κ2) is 14.1. The van der Waals surface area contributed by atoms with E-state index in [2.05, 4.69) is 91.1 Å². The summed E-state index contributed by atoms with van der Waals surface area (Å²) in [7, 11) is 3.32. The van der Waals surface area contributed by atoms with Gasteiger partial charge in [0.25, 0.3) is 0 Å². The van der Waals surface area contributed by atoms with E-state index in [1.54, 1.807) is 0 Å². The maximum absolute atomic E-state index is 2.75. The Kier molecular flexibility index (Phi) is 12.1. The summed E-state index contributed by atoms with van der Waals surface area (Å²) >= 11 is 0. The molecule has 0 aliphatic rings. The largest absolute Gasteiger partial charge is 0.748 e. The van der Waals surface area contributed by atoms with Crippen molar-refractivity contribution < 1.29 is 17.1 Å². The zero-order valence-electron chi connectivity index (χ0n) is 16.7. The van der Waals surface area contributed by atoms with Crippen molar-refractivity contribution in [3.63, 3.8) is 0 Å². The van der Waals surface area contributed by atoms with Gasteiger partial charge in [-0.2, -0.15) is 11.6 Å². The maximum Gasteiger partial charge on any atom is 0 e. The predicted octanol–water partition coefficient (Wildman–Crippen LogP) is 4.71. The number of benzene rings is 2. The number of hydrogen-bond donors (Lipinski definition) is 1. The van der Waals surface area contributed by atoms with Crippen molar-refractivity contribution in [1.29, 1.82) is 0 Å². The predicted molar refractivity (Wildman–Crippen MR) is 122 cm³/mol. The van der Waals surface area contributed by atoms with Crippen molar-refractivity contribution >= 4 is 23.8 Å². The van der Waals surface area contributed by atoms with Crippen LogP contribution in [-0.2, 0) is 17.1 Å². The van der Waals surface area contributed by atoms with Crippen molar-refractivity contribution in [2.24, 2.45) is 0 Å². The molecule has 4 aromatic carbocycles. The third kappa shape index (κ3) is 7.58. The van der Waals surface area contributed by atoms with Gasteiger partial charge in [0, 0.05) is 17.1 Å². The van der Waals surface area contributed by atoms with Gasteiger partial charge in [0.15, 0.2) is 0 Å². The van der Waals surface area contributed by atoms with Gasteiger partial charge in [0.05, 0.1) is 0 Å². The van der Waals surface area contributed by atoms with E-state index in [0.717, 1.165) is 0 Å². The molecule has 0 aliphatic heterocycles. The molecule has 4 aromatic rings.